The van der Waals surface area contributed by atoms with Crippen LogP contribution in [-0.2, 0) is 6.42 Å². The smallest absolute Gasteiger partial charge is 0.270 e. The average molecular weight is 526 g/mol. The summed E-state index contributed by atoms with van der Waals surface area (Å²) in [5.74, 6) is -0.129. The van der Waals surface area contributed by atoms with Crippen molar-refractivity contribution < 1.29 is 9.59 Å². The topological polar surface area (TPSA) is 111 Å². The van der Waals surface area contributed by atoms with Crippen molar-refractivity contribution in [2.24, 2.45) is 5.41 Å². The lowest BCUT2D eigenvalue weighted by Gasteiger charge is -2.30. The summed E-state index contributed by atoms with van der Waals surface area (Å²) in [6, 6.07) is 19.4. The second kappa shape index (κ2) is 8.86. The SMILES string of the molecule is CC1(C)CC(=O)c2c(nc3sc(C(=O)Nc4nsc(-c5ccccc5)n4)c(N)c3c2-c2ccccc2)C1. The Morgan fingerprint density at radius 3 is 2.32 bits per heavy atom. The van der Waals surface area contributed by atoms with Crippen molar-refractivity contribution in [2.45, 2.75) is 26.7 Å². The van der Waals surface area contributed by atoms with Crippen LogP contribution in [0.4, 0.5) is 11.6 Å². The van der Waals surface area contributed by atoms with Gasteiger partial charge in [-0.1, -0.05) is 74.5 Å². The first-order chi connectivity index (χ1) is 17.8. The van der Waals surface area contributed by atoms with E-state index in [1.165, 1.54) is 22.9 Å². The van der Waals surface area contributed by atoms with Gasteiger partial charge in [-0.25, -0.2) is 4.98 Å². The van der Waals surface area contributed by atoms with Gasteiger partial charge in [0.15, 0.2) is 5.78 Å². The van der Waals surface area contributed by atoms with Gasteiger partial charge in [-0.15, -0.1) is 11.3 Å². The van der Waals surface area contributed by atoms with Gasteiger partial charge in [0.2, 0.25) is 5.95 Å². The van der Waals surface area contributed by atoms with Crippen molar-refractivity contribution in [3.05, 3.63) is 76.8 Å². The molecule has 184 valence electrons. The summed E-state index contributed by atoms with van der Waals surface area (Å²) >= 11 is 2.44. The quantitative estimate of drug-likeness (QED) is 0.278. The lowest BCUT2D eigenvalue weighted by atomic mass is 9.73. The Morgan fingerprint density at radius 2 is 1.62 bits per heavy atom. The van der Waals surface area contributed by atoms with Crippen molar-refractivity contribution in [3.8, 4) is 21.7 Å². The summed E-state index contributed by atoms with van der Waals surface area (Å²) in [7, 11) is 0. The Kier molecular flexibility index (Phi) is 5.62. The normalized spacial score (nSPS) is 14.5. The number of rotatable bonds is 4. The van der Waals surface area contributed by atoms with Crippen LogP contribution in [0.15, 0.2) is 60.7 Å². The molecule has 9 heteroatoms. The van der Waals surface area contributed by atoms with E-state index in [-0.39, 0.29) is 17.1 Å². The van der Waals surface area contributed by atoms with Crippen molar-refractivity contribution >= 4 is 56.4 Å². The first-order valence-corrected chi connectivity index (χ1v) is 13.4. The van der Waals surface area contributed by atoms with Crippen molar-refractivity contribution in [2.75, 3.05) is 11.1 Å². The number of Topliss-reactive ketones (excluding diaryl/α,β-unsaturated/α-hetero) is 1. The predicted molar refractivity (Wildman–Crippen MR) is 149 cm³/mol. The molecule has 1 aliphatic carbocycles. The lowest BCUT2D eigenvalue weighted by Crippen LogP contribution is -2.28. The zero-order valence-corrected chi connectivity index (χ0v) is 21.9. The van der Waals surface area contributed by atoms with E-state index in [1.807, 2.05) is 60.7 Å². The number of carbonyl (C=O) groups excluding carboxylic acids is 2. The minimum absolute atomic E-state index is 0.0521. The number of benzene rings is 2. The molecule has 3 aromatic heterocycles. The van der Waals surface area contributed by atoms with Crippen LogP contribution in [0.5, 0.6) is 0 Å². The van der Waals surface area contributed by atoms with E-state index in [2.05, 4.69) is 28.5 Å². The van der Waals surface area contributed by atoms with Crippen LogP contribution in [-0.4, -0.2) is 26.0 Å². The molecule has 1 amide bonds. The molecule has 0 atom stereocenters. The number of nitrogens with zero attached hydrogens (tertiary/aromatic N) is 3. The summed E-state index contributed by atoms with van der Waals surface area (Å²) in [5, 5.41) is 4.14. The molecule has 0 spiro atoms. The highest BCUT2D eigenvalue weighted by atomic mass is 32.1. The van der Waals surface area contributed by atoms with Crippen molar-refractivity contribution in [1.82, 2.24) is 14.3 Å². The fourth-order valence-corrected chi connectivity index (χ4v) is 6.51. The average Bonchev–Trinajstić information content (AvgIpc) is 3.47. The number of anilines is 2. The number of nitrogen functional groups attached to an aromatic ring is 1. The Bertz CT molecular complexity index is 1670. The molecule has 0 bridgehead atoms. The molecular formula is C28H23N5O2S2. The number of hydrogen-bond donors (Lipinski definition) is 2. The standard InChI is InChI=1S/C28H23N5O2S2/c1-28(2)13-17-20(18(34)14-28)19(15-9-5-3-6-10-15)21-22(29)23(36-26(21)30-17)24(35)31-27-32-25(37-33-27)16-11-7-4-8-12-16/h3-12H,13-14,29H2,1-2H3,(H,31,33,35). The number of amides is 1. The van der Waals surface area contributed by atoms with Gasteiger partial charge in [0, 0.05) is 28.5 Å². The molecule has 0 unspecified atom stereocenters. The highest BCUT2D eigenvalue weighted by Gasteiger charge is 2.36. The highest BCUT2D eigenvalue weighted by molar-refractivity contribution is 7.21. The maximum atomic E-state index is 13.4. The molecule has 7 nitrogen and oxygen atoms in total. The Morgan fingerprint density at radius 1 is 0.946 bits per heavy atom. The number of carbonyl (C=O) groups is 2. The maximum absolute atomic E-state index is 13.4. The number of nitrogens with one attached hydrogen (secondary N) is 1. The molecule has 3 heterocycles. The van der Waals surface area contributed by atoms with E-state index in [0.29, 0.717) is 44.2 Å². The van der Waals surface area contributed by atoms with Gasteiger partial charge in [-0.05, 0) is 28.9 Å². The molecule has 1 aliphatic rings. The summed E-state index contributed by atoms with van der Waals surface area (Å²) in [6.07, 6.45) is 1.11. The maximum Gasteiger partial charge on any atom is 0.270 e. The Labute approximate surface area is 221 Å². The third-order valence-corrected chi connectivity index (χ3v) is 8.32. The molecule has 0 saturated carbocycles. The first-order valence-electron chi connectivity index (χ1n) is 11.8. The van der Waals surface area contributed by atoms with Crippen molar-refractivity contribution in [1.29, 1.82) is 0 Å². The molecule has 0 fully saturated rings. The second-order valence-corrected chi connectivity index (χ2v) is 11.6. The number of fused-ring (bicyclic) bond motifs is 2. The van der Waals surface area contributed by atoms with Gasteiger partial charge in [0.05, 0.1) is 11.4 Å². The summed E-state index contributed by atoms with van der Waals surface area (Å²) in [4.78, 5) is 37.0. The first kappa shape index (κ1) is 23.4. The monoisotopic (exact) mass is 525 g/mol. The number of pyridine rings is 1. The number of hydrogen-bond acceptors (Lipinski definition) is 8. The highest BCUT2D eigenvalue weighted by Crippen LogP contribution is 2.46. The second-order valence-electron chi connectivity index (χ2n) is 9.88. The van der Waals surface area contributed by atoms with Crippen LogP contribution in [0.25, 0.3) is 31.9 Å². The molecule has 0 radical (unpaired) electrons. The molecule has 6 rings (SSSR count). The van der Waals surface area contributed by atoms with Crippen LogP contribution in [0.1, 0.15) is 46.0 Å². The summed E-state index contributed by atoms with van der Waals surface area (Å²) < 4.78 is 4.30. The molecule has 3 N–H and O–H groups in total. The number of thiophene rings is 1. The van der Waals surface area contributed by atoms with Crippen LogP contribution in [0, 0.1) is 5.41 Å². The third kappa shape index (κ3) is 4.20. The number of nitrogens with two attached hydrogens (primary N) is 1. The molecular weight excluding hydrogens is 502 g/mol. The Hall–Kier alpha value is -3.95. The molecule has 37 heavy (non-hydrogen) atoms. The van der Waals surface area contributed by atoms with E-state index in [1.54, 1.807) is 0 Å². The molecule has 0 aliphatic heterocycles. The van der Waals surface area contributed by atoms with Crippen molar-refractivity contribution in [3.63, 3.8) is 0 Å². The van der Waals surface area contributed by atoms with Gasteiger partial charge in [0.25, 0.3) is 5.91 Å². The van der Waals surface area contributed by atoms with Crippen LogP contribution < -0.4 is 11.1 Å². The molecule has 2 aromatic carbocycles. The van der Waals surface area contributed by atoms with Crippen LogP contribution >= 0.6 is 22.9 Å². The zero-order chi connectivity index (χ0) is 25.7. The summed E-state index contributed by atoms with van der Waals surface area (Å²) in [5.41, 5.74) is 10.7. The van der Waals surface area contributed by atoms with Crippen LogP contribution in [0.2, 0.25) is 0 Å². The van der Waals surface area contributed by atoms with E-state index >= 15 is 0 Å². The van der Waals surface area contributed by atoms with E-state index < -0.39 is 5.91 Å². The third-order valence-electron chi connectivity index (χ3n) is 6.46. The minimum Gasteiger partial charge on any atom is -0.397 e. The van der Waals surface area contributed by atoms with E-state index in [9.17, 15) is 9.59 Å². The molecule has 5 aromatic rings. The van der Waals surface area contributed by atoms with Gasteiger partial charge < -0.3 is 5.73 Å². The van der Waals surface area contributed by atoms with Gasteiger partial charge in [-0.2, -0.15) is 9.36 Å². The van der Waals surface area contributed by atoms with E-state index in [0.717, 1.165) is 22.4 Å². The lowest BCUT2D eigenvalue weighted by molar-refractivity contribution is 0.0911. The number of ketones is 1. The van der Waals surface area contributed by atoms with Gasteiger partial charge >= 0.3 is 0 Å². The fraction of sp³-hybridized carbons (Fsp3) is 0.179. The summed E-state index contributed by atoms with van der Waals surface area (Å²) in [6.45, 7) is 4.16. The van der Waals surface area contributed by atoms with E-state index in [4.69, 9.17) is 10.7 Å². The minimum atomic E-state index is -0.401. The van der Waals surface area contributed by atoms with Gasteiger partial charge in [-0.3, -0.25) is 14.9 Å². The predicted octanol–water partition coefficient (Wildman–Crippen LogP) is 6.47. The zero-order valence-electron chi connectivity index (χ0n) is 20.2. The number of aromatic nitrogens is 3. The fourth-order valence-electron chi connectivity index (χ4n) is 4.86. The largest absolute Gasteiger partial charge is 0.397 e. The van der Waals surface area contributed by atoms with Crippen LogP contribution in [0.3, 0.4) is 0 Å². The Balaban J connectivity index is 1.45. The van der Waals surface area contributed by atoms with Gasteiger partial charge in [0.1, 0.15) is 14.7 Å². The molecule has 0 saturated heterocycles.